The van der Waals surface area contributed by atoms with Gasteiger partial charge < -0.3 is 10.1 Å². The zero-order chi connectivity index (χ0) is 16.7. The van der Waals surface area contributed by atoms with Crippen molar-refractivity contribution >= 4 is 47.0 Å². The molecule has 124 valence electrons. The molecule has 1 aromatic rings. The molecule has 5 rings (SSSR count). The molecule has 3 fully saturated rings. The number of rotatable bonds is 2. The Morgan fingerprint density at radius 2 is 2.04 bits per heavy atom. The Hall–Kier alpha value is -1.87. The number of aliphatic carboxylic acids is 1. The third-order valence-corrected chi connectivity index (χ3v) is 7.93. The Kier molecular flexibility index (Phi) is 2.78. The van der Waals surface area contributed by atoms with Crippen LogP contribution in [0.1, 0.15) is 11.3 Å². The molecular weight excluding hydrogens is 352 g/mol. The summed E-state index contributed by atoms with van der Waals surface area (Å²) >= 11 is 2.72. The number of thioether (sulfide) groups is 1. The first-order chi connectivity index (χ1) is 11.5. The van der Waals surface area contributed by atoms with Crippen molar-refractivity contribution in [1.29, 1.82) is 0 Å². The summed E-state index contributed by atoms with van der Waals surface area (Å²) in [5.74, 6) is -2.69. The molecule has 2 saturated carbocycles. The van der Waals surface area contributed by atoms with Crippen molar-refractivity contribution in [1.82, 2.24) is 9.88 Å². The molecule has 5 atom stereocenters. The van der Waals surface area contributed by atoms with Crippen LogP contribution in [-0.4, -0.2) is 44.6 Å². The van der Waals surface area contributed by atoms with E-state index in [9.17, 15) is 19.2 Å². The minimum Gasteiger partial charge on any atom is -0.480 e. The molecule has 9 heteroatoms. The second-order valence-electron chi connectivity index (χ2n) is 6.60. The molecule has 2 bridgehead atoms. The zero-order valence-electron chi connectivity index (χ0n) is 12.2. The fraction of sp³-hybridized carbons (Fsp3) is 0.467. The molecule has 0 aromatic carbocycles. The third kappa shape index (κ3) is 1.68. The highest BCUT2D eigenvalue weighted by atomic mass is 32.2. The number of thiazole rings is 1. The highest BCUT2D eigenvalue weighted by Crippen LogP contribution is 2.64. The average molecular weight is 364 g/mol. The summed E-state index contributed by atoms with van der Waals surface area (Å²) in [6, 6.07) is 0. The van der Waals surface area contributed by atoms with E-state index < -0.39 is 24.3 Å². The number of hydrogen-bond donors (Lipinski definition) is 2. The number of nitrogens with zero attached hydrogens (tertiary/aromatic N) is 1. The SMILES string of the molecule is O=C(O)CN1C(=O)C2C3CC(C4Sc5[nH]c(=O)sc5C=C34)C2C1=O. The van der Waals surface area contributed by atoms with Gasteiger partial charge in [0.2, 0.25) is 11.8 Å². The molecule has 1 saturated heterocycles. The molecule has 2 aliphatic heterocycles. The molecule has 2 N–H and O–H groups in total. The van der Waals surface area contributed by atoms with Gasteiger partial charge in [-0.15, -0.1) is 0 Å². The maximum Gasteiger partial charge on any atom is 0.323 e. The first kappa shape index (κ1) is 14.5. The number of carbonyl (C=O) groups is 3. The fourth-order valence-electron chi connectivity index (χ4n) is 4.77. The van der Waals surface area contributed by atoms with Crippen LogP contribution in [0.3, 0.4) is 0 Å². The van der Waals surface area contributed by atoms with Crippen LogP contribution < -0.4 is 4.87 Å². The molecule has 2 amide bonds. The molecule has 2 aliphatic carbocycles. The van der Waals surface area contributed by atoms with E-state index in [1.165, 1.54) is 0 Å². The predicted octanol–water partition coefficient (Wildman–Crippen LogP) is 0.630. The van der Waals surface area contributed by atoms with Crippen molar-refractivity contribution in [2.45, 2.75) is 16.7 Å². The van der Waals surface area contributed by atoms with Crippen LogP contribution in [0.25, 0.3) is 6.08 Å². The molecule has 1 aromatic heterocycles. The lowest BCUT2D eigenvalue weighted by Gasteiger charge is -2.32. The number of carboxylic acid groups (broad SMARTS) is 1. The van der Waals surface area contributed by atoms with Crippen LogP contribution in [0.15, 0.2) is 15.4 Å². The lowest BCUT2D eigenvalue weighted by molar-refractivity contribution is -0.149. The summed E-state index contributed by atoms with van der Waals surface area (Å²) < 4.78 is 0. The van der Waals surface area contributed by atoms with E-state index in [4.69, 9.17) is 5.11 Å². The standard InChI is InChI=1S/C15H12N2O5S2/c18-8(19)3-17-13(20)9-4-1-6(10(9)14(17)21)11-5(4)2-7-12(24-11)16-15(22)23-7/h2,4,6,9-11H,1,3H2,(H,16,22)(H,18,19). The van der Waals surface area contributed by atoms with E-state index in [0.717, 1.165) is 38.1 Å². The van der Waals surface area contributed by atoms with E-state index in [0.29, 0.717) is 0 Å². The number of nitrogens with one attached hydrogen (secondary N) is 1. The number of hydrogen-bond acceptors (Lipinski definition) is 6. The smallest absolute Gasteiger partial charge is 0.323 e. The Balaban J connectivity index is 1.55. The van der Waals surface area contributed by atoms with Crippen molar-refractivity contribution in [3.05, 3.63) is 20.1 Å². The Morgan fingerprint density at radius 3 is 2.79 bits per heavy atom. The number of fused-ring (bicyclic) bond motifs is 9. The second kappa shape index (κ2) is 4.60. The minimum atomic E-state index is -1.17. The summed E-state index contributed by atoms with van der Waals surface area (Å²) in [4.78, 5) is 52.2. The van der Waals surface area contributed by atoms with Gasteiger partial charge in [0.25, 0.3) is 0 Å². The van der Waals surface area contributed by atoms with Crippen molar-refractivity contribution in [3.8, 4) is 0 Å². The van der Waals surface area contributed by atoms with Gasteiger partial charge in [0.05, 0.1) is 21.7 Å². The first-order valence-corrected chi connectivity index (χ1v) is 9.33. The van der Waals surface area contributed by atoms with Crippen molar-refractivity contribution < 1.29 is 19.5 Å². The maximum atomic E-state index is 12.6. The number of carboxylic acids is 1. The van der Waals surface area contributed by atoms with Crippen molar-refractivity contribution in [2.75, 3.05) is 6.54 Å². The van der Waals surface area contributed by atoms with Gasteiger partial charge in [-0.3, -0.25) is 24.1 Å². The van der Waals surface area contributed by atoms with Crippen LogP contribution >= 0.6 is 23.1 Å². The highest BCUT2D eigenvalue weighted by Gasteiger charge is 2.66. The van der Waals surface area contributed by atoms with Crippen LogP contribution in [0.4, 0.5) is 0 Å². The van der Waals surface area contributed by atoms with Gasteiger partial charge in [-0.2, -0.15) is 0 Å². The van der Waals surface area contributed by atoms with Crippen LogP contribution in [0.2, 0.25) is 0 Å². The van der Waals surface area contributed by atoms with E-state index in [1.54, 1.807) is 11.8 Å². The average Bonchev–Trinajstić information content (AvgIpc) is 3.21. The van der Waals surface area contributed by atoms with E-state index in [1.807, 2.05) is 6.08 Å². The van der Waals surface area contributed by atoms with Crippen LogP contribution in [0, 0.1) is 23.7 Å². The number of imide groups is 1. The van der Waals surface area contributed by atoms with Gasteiger partial charge in [0.15, 0.2) is 0 Å². The molecule has 7 nitrogen and oxygen atoms in total. The van der Waals surface area contributed by atoms with E-state index in [2.05, 4.69) is 4.98 Å². The van der Waals surface area contributed by atoms with Crippen molar-refractivity contribution in [3.63, 3.8) is 0 Å². The molecule has 0 radical (unpaired) electrons. The first-order valence-electron chi connectivity index (χ1n) is 7.64. The number of aromatic amines is 1. The Morgan fingerprint density at radius 1 is 1.29 bits per heavy atom. The van der Waals surface area contributed by atoms with Gasteiger partial charge in [0.1, 0.15) is 6.54 Å². The molecule has 4 aliphatic rings. The van der Waals surface area contributed by atoms with Gasteiger partial charge in [-0.25, -0.2) is 0 Å². The molecule has 5 unspecified atom stereocenters. The van der Waals surface area contributed by atoms with Crippen LogP contribution in [0.5, 0.6) is 0 Å². The number of amides is 2. The zero-order valence-corrected chi connectivity index (χ0v) is 13.9. The Bertz CT molecular complexity index is 900. The number of aromatic nitrogens is 1. The van der Waals surface area contributed by atoms with Crippen LogP contribution in [-0.2, 0) is 14.4 Å². The third-order valence-electron chi connectivity index (χ3n) is 5.53. The van der Waals surface area contributed by atoms with Gasteiger partial charge in [0, 0.05) is 5.25 Å². The number of H-pyrrole nitrogens is 1. The molecule has 24 heavy (non-hydrogen) atoms. The summed E-state index contributed by atoms with van der Waals surface area (Å²) in [5, 5.41) is 9.88. The summed E-state index contributed by atoms with van der Waals surface area (Å²) in [6.45, 7) is -0.554. The topological polar surface area (TPSA) is 108 Å². The quantitative estimate of drug-likeness (QED) is 0.746. The van der Waals surface area contributed by atoms with Gasteiger partial charge in [-0.1, -0.05) is 28.7 Å². The second-order valence-corrected chi connectivity index (χ2v) is 8.77. The number of likely N-dealkylation sites (tertiary alicyclic amines) is 1. The lowest BCUT2D eigenvalue weighted by atomic mass is 9.77. The summed E-state index contributed by atoms with van der Waals surface area (Å²) in [6.07, 6.45) is 2.79. The Labute approximate surface area is 143 Å². The largest absolute Gasteiger partial charge is 0.480 e. The minimum absolute atomic E-state index is 0.0157. The highest BCUT2D eigenvalue weighted by molar-refractivity contribution is 8.00. The summed E-state index contributed by atoms with van der Waals surface area (Å²) in [5.41, 5.74) is 1.13. The number of carbonyl (C=O) groups excluding carboxylic acids is 2. The normalized spacial score (nSPS) is 35.8. The predicted molar refractivity (Wildman–Crippen MR) is 85.5 cm³/mol. The summed E-state index contributed by atoms with van der Waals surface area (Å²) in [7, 11) is 0. The van der Waals surface area contributed by atoms with Gasteiger partial charge >= 0.3 is 10.8 Å². The fourth-order valence-corrected chi connectivity index (χ4v) is 7.21. The van der Waals surface area contributed by atoms with E-state index >= 15 is 0 Å². The molecule has 3 heterocycles. The molecule has 0 spiro atoms. The van der Waals surface area contributed by atoms with E-state index in [-0.39, 0.29) is 33.8 Å². The maximum absolute atomic E-state index is 12.6. The lowest BCUT2D eigenvalue weighted by Crippen LogP contribution is -2.37. The monoisotopic (exact) mass is 364 g/mol. The van der Waals surface area contributed by atoms with Crippen molar-refractivity contribution in [2.24, 2.45) is 23.7 Å². The van der Waals surface area contributed by atoms with Gasteiger partial charge in [-0.05, 0) is 24.3 Å². The molecular formula is C15H12N2O5S2.